The molecule has 2 aromatic carbocycles. The van der Waals surface area contributed by atoms with E-state index in [9.17, 15) is 18.0 Å². The van der Waals surface area contributed by atoms with Gasteiger partial charge in [-0.3, -0.25) is 9.59 Å². The lowest BCUT2D eigenvalue weighted by molar-refractivity contribution is -0.128. The monoisotopic (exact) mass is 383 g/mol. The van der Waals surface area contributed by atoms with Crippen LogP contribution in [0.3, 0.4) is 0 Å². The standard InChI is InChI=1S/C19H17N3O4S/c1-13-2-8-16(9-3-13)27(25,26)22-17(10-11-18(22)23)19(24)21-15-6-4-14(12-20)5-7-15/h2-9,17H,10-11H2,1H3,(H,21,24). The first-order valence-corrected chi connectivity index (χ1v) is 9.72. The molecule has 1 N–H and O–H groups in total. The lowest BCUT2D eigenvalue weighted by Crippen LogP contribution is -2.45. The number of benzene rings is 2. The number of anilines is 1. The number of aryl methyl sites for hydroxylation is 1. The molecule has 1 unspecified atom stereocenters. The second kappa shape index (κ2) is 7.21. The Labute approximate surface area is 157 Å². The van der Waals surface area contributed by atoms with Gasteiger partial charge in [-0.2, -0.15) is 5.26 Å². The summed E-state index contributed by atoms with van der Waals surface area (Å²) in [5.41, 5.74) is 1.75. The molecule has 1 heterocycles. The summed E-state index contributed by atoms with van der Waals surface area (Å²) in [6.45, 7) is 1.82. The Bertz CT molecular complexity index is 1020. The molecule has 0 aromatic heterocycles. The Morgan fingerprint density at radius 3 is 2.37 bits per heavy atom. The molecule has 1 atom stereocenters. The Morgan fingerprint density at radius 2 is 1.78 bits per heavy atom. The van der Waals surface area contributed by atoms with Crippen molar-refractivity contribution in [2.24, 2.45) is 0 Å². The summed E-state index contributed by atoms with van der Waals surface area (Å²) >= 11 is 0. The summed E-state index contributed by atoms with van der Waals surface area (Å²) in [6.07, 6.45) is 0.0998. The molecule has 1 aliphatic rings. The third-order valence-corrected chi connectivity index (χ3v) is 6.17. The van der Waals surface area contributed by atoms with Gasteiger partial charge in [0.25, 0.3) is 10.0 Å². The van der Waals surface area contributed by atoms with Crippen LogP contribution in [0.2, 0.25) is 0 Å². The number of nitrogens with one attached hydrogen (secondary N) is 1. The molecular weight excluding hydrogens is 366 g/mol. The second-order valence-corrected chi connectivity index (χ2v) is 8.06. The lowest BCUT2D eigenvalue weighted by Gasteiger charge is -2.23. The maximum absolute atomic E-state index is 12.9. The van der Waals surface area contributed by atoms with Crippen LogP contribution in [0, 0.1) is 18.3 Å². The first-order valence-electron chi connectivity index (χ1n) is 8.28. The summed E-state index contributed by atoms with van der Waals surface area (Å²) in [6, 6.07) is 13.2. The molecule has 1 aliphatic heterocycles. The Kier molecular flexibility index (Phi) is 4.97. The molecule has 3 rings (SSSR count). The Hall–Kier alpha value is -3.18. The van der Waals surface area contributed by atoms with Gasteiger partial charge in [0.15, 0.2) is 0 Å². The van der Waals surface area contributed by atoms with Crippen molar-refractivity contribution in [1.82, 2.24) is 4.31 Å². The highest BCUT2D eigenvalue weighted by molar-refractivity contribution is 7.89. The SMILES string of the molecule is Cc1ccc(S(=O)(=O)N2C(=O)CCC2C(=O)Nc2ccc(C#N)cc2)cc1. The van der Waals surface area contributed by atoms with Gasteiger partial charge in [0, 0.05) is 12.1 Å². The molecule has 8 heteroatoms. The van der Waals surface area contributed by atoms with Crippen LogP contribution in [0.5, 0.6) is 0 Å². The van der Waals surface area contributed by atoms with E-state index in [0.717, 1.165) is 5.56 Å². The van der Waals surface area contributed by atoms with Crippen molar-refractivity contribution in [3.05, 3.63) is 59.7 Å². The Morgan fingerprint density at radius 1 is 1.15 bits per heavy atom. The number of sulfonamides is 1. The normalized spacial score (nSPS) is 16.8. The smallest absolute Gasteiger partial charge is 0.267 e. The molecule has 0 aliphatic carbocycles. The summed E-state index contributed by atoms with van der Waals surface area (Å²) in [7, 11) is -4.12. The van der Waals surface area contributed by atoms with E-state index < -0.39 is 27.9 Å². The fourth-order valence-electron chi connectivity index (χ4n) is 2.88. The predicted molar refractivity (Wildman–Crippen MR) is 98.0 cm³/mol. The molecule has 7 nitrogen and oxygen atoms in total. The molecule has 0 radical (unpaired) electrons. The van der Waals surface area contributed by atoms with Crippen molar-refractivity contribution in [3.8, 4) is 6.07 Å². The molecule has 1 saturated heterocycles. The molecule has 0 saturated carbocycles. The summed E-state index contributed by atoms with van der Waals surface area (Å²) < 4.78 is 26.5. The van der Waals surface area contributed by atoms with Gasteiger partial charge in [-0.05, 0) is 49.7 Å². The molecular formula is C19H17N3O4S. The van der Waals surface area contributed by atoms with Crippen molar-refractivity contribution >= 4 is 27.5 Å². The molecule has 0 spiro atoms. The van der Waals surface area contributed by atoms with Crippen molar-refractivity contribution in [2.45, 2.75) is 30.7 Å². The predicted octanol–water partition coefficient (Wildman–Crippen LogP) is 2.19. The molecule has 27 heavy (non-hydrogen) atoms. The summed E-state index contributed by atoms with van der Waals surface area (Å²) in [5.74, 6) is -1.18. The quantitative estimate of drug-likeness (QED) is 0.871. The van der Waals surface area contributed by atoms with E-state index in [4.69, 9.17) is 5.26 Å². The number of hydrogen-bond acceptors (Lipinski definition) is 5. The highest BCUT2D eigenvalue weighted by atomic mass is 32.2. The fourth-order valence-corrected chi connectivity index (χ4v) is 4.48. The zero-order valence-electron chi connectivity index (χ0n) is 14.5. The van der Waals surface area contributed by atoms with Crippen LogP contribution in [0.1, 0.15) is 24.0 Å². The van der Waals surface area contributed by atoms with E-state index in [2.05, 4.69) is 5.32 Å². The van der Waals surface area contributed by atoms with Gasteiger partial charge in [0.05, 0.1) is 16.5 Å². The van der Waals surface area contributed by atoms with Crippen molar-refractivity contribution < 1.29 is 18.0 Å². The fraction of sp³-hybridized carbons (Fsp3) is 0.211. The van der Waals surface area contributed by atoms with Gasteiger partial charge in [-0.1, -0.05) is 17.7 Å². The number of nitriles is 1. The van der Waals surface area contributed by atoms with E-state index in [1.165, 1.54) is 24.3 Å². The Balaban J connectivity index is 1.85. The lowest BCUT2D eigenvalue weighted by atomic mass is 10.2. The van der Waals surface area contributed by atoms with Gasteiger partial charge in [-0.15, -0.1) is 0 Å². The number of nitrogens with zero attached hydrogens (tertiary/aromatic N) is 2. The third kappa shape index (κ3) is 3.68. The first-order chi connectivity index (χ1) is 12.8. The number of rotatable bonds is 4. The van der Waals surface area contributed by atoms with Crippen LogP contribution in [0.15, 0.2) is 53.4 Å². The number of carbonyl (C=O) groups excluding carboxylic acids is 2. The van der Waals surface area contributed by atoms with Gasteiger partial charge in [0.2, 0.25) is 11.8 Å². The van der Waals surface area contributed by atoms with Crippen LogP contribution in [0.25, 0.3) is 0 Å². The average molecular weight is 383 g/mol. The highest BCUT2D eigenvalue weighted by Gasteiger charge is 2.44. The minimum atomic E-state index is -4.12. The van der Waals surface area contributed by atoms with Crippen molar-refractivity contribution in [1.29, 1.82) is 5.26 Å². The van der Waals surface area contributed by atoms with Crippen LogP contribution >= 0.6 is 0 Å². The maximum Gasteiger partial charge on any atom is 0.267 e. The van der Waals surface area contributed by atoms with E-state index in [1.54, 1.807) is 24.3 Å². The first kappa shape index (κ1) is 18.6. The zero-order valence-corrected chi connectivity index (χ0v) is 15.4. The van der Waals surface area contributed by atoms with Gasteiger partial charge >= 0.3 is 0 Å². The third-order valence-electron chi connectivity index (χ3n) is 4.32. The van der Waals surface area contributed by atoms with Gasteiger partial charge < -0.3 is 5.32 Å². The van der Waals surface area contributed by atoms with E-state index in [1.807, 2.05) is 13.0 Å². The number of hydrogen-bond donors (Lipinski definition) is 1. The number of carbonyl (C=O) groups is 2. The minimum absolute atomic E-state index is 0.0173. The van der Waals surface area contributed by atoms with Crippen LogP contribution < -0.4 is 5.32 Å². The molecule has 1 fully saturated rings. The van der Waals surface area contributed by atoms with Crippen molar-refractivity contribution in [2.75, 3.05) is 5.32 Å². The second-order valence-electron chi connectivity index (χ2n) is 6.24. The summed E-state index contributed by atoms with van der Waals surface area (Å²) in [5, 5.41) is 11.4. The molecule has 2 aromatic rings. The minimum Gasteiger partial charge on any atom is -0.324 e. The van der Waals surface area contributed by atoms with Crippen molar-refractivity contribution in [3.63, 3.8) is 0 Å². The molecule has 2 amide bonds. The number of amides is 2. The van der Waals surface area contributed by atoms with Crippen LogP contribution in [-0.4, -0.2) is 30.6 Å². The zero-order chi connectivity index (χ0) is 19.6. The average Bonchev–Trinajstić information content (AvgIpc) is 3.05. The topological polar surface area (TPSA) is 107 Å². The van der Waals surface area contributed by atoms with Crippen LogP contribution in [0.4, 0.5) is 5.69 Å². The van der Waals surface area contributed by atoms with E-state index in [-0.39, 0.29) is 17.7 Å². The molecule has 138 valence electrons. The van der Waals surface area contributed by atoms with Gasteiger partial charge in [-0.25, -0.2) is 12.7 Å². The van der Waals surface area contributed by atoms with Crippen LogP contribution in [-0.2, 0) is 19.6 Å². The largest absolute Gasteiger partial charge is 0.324 e. The van der Waals surface area contributed by atoms with Gasteiger partial charge in [0.1, 0.15) is 6.04 Å². The maximum atomic E-state index is 12.9. The summed E-state index contributed by atoms with van der Waals surface area (Å²) in [4.78, 5) is 24.8. The van der Waals surface area contributed by atoms with E-state index >= 15 is 0 Å². The van der Waals surface area contributed by atoms with E-state index in [0.29, 0.717) is 15.6 Å². The molecule has 0 bridgehead atoms. The highest BCUT2D eigenvalue weighted by Crippen LogP contribution is 2.28.